The van der Waals surface area contributed by atoms with Crippen LogP contribution in [-0.4, -0.2) is 40.5 Å². The molecule has 0 aromatic carbocycles. The maximum Gasteiger partial charge on any atom is 0.273 e. The standard InChI is InChI=1S/C19H16Cl2N4O3S/c20-12-4-16(29-17(12)21)15-8-27-2-1-25(15)19(26)13-3-9-10-6-28-7-11(10)18(22)24-14(9)5-23-13/h3-5,15H,1-2,6-8H2,(H2,22,24)/t15-/m1/s1. The van der Waals surface area contributed by atoms with Crippen LogP contribution in [0.3, 0.4) is 0 Å². The average molecular weight is 451 g/mol. The van der Waals surface area contributed by atoms with Gasteiger partial charge in [0.1, 0.15) is 15.8 Å². The smallest absolute Gasteiger partial charge is 0.273 e. The van der Waals surface area contributed by atoms with Crippen molar-refractivity contribution in [2.75, 3.05) is 25.5 Å². The number of rotatable bonds is 2. The fourth-order valence-electron chi connectivity index (χ4n) is 3.75. The van der Waals surface area contributed by atoms with Gasteiger partial charge in [-0.1, -0.05) is 23.2 Å². The van der Waals surface area contributed by atoms with Gasteiger partial charge in [-0.05, 0) is 17.7 Å². The number of nitrogen functional groups attached to an aromatic ring is 1. The number of hydrogen-bond acceptors (Lipinski definition) is 7. The van der Waals surface area contributed by atoms with Crippen LogP contribution in [0.15, 0.2) is 18.3 Å². The Bertz CT molecular complexity index is 1120. The second kappa shape index (κ2) is 7.37. The van der Waals surface area contributed by atoms with E-state index in [1.807, 2.05) is 0 Å². The van der Waals surface area contributed by atoms with Crippen molar-refractivity contribution in [3.63, 3.8) is 0 Å². The van der Waals surface area contributed by atoms with Crippen molar-refractivity contribution < 1.29 is 14.3 Å². The number of aromatic nitrogens is 2. The second-order valence-electron chi connectivity index (χ2n) is 6.89. The molecule has 0 spiro atoms. The number of pyridine rings is 2. The third-order valence-corrected chi connectivity index (χ3v) is 7.18. The lowest BCUT2D eigenvalue weighted by molar-refractivity contribution is -0.00197. The molecule has 1 atom stereocenters. The van der Waals surface area contributed by atoms with Crippen molar-refractivity contribution in [1.82, 2.24) is 14.9 Å². The summed E-state index contributed by atoms with van der Waals surface area (Å²) in [7, 11) is 0. The molecular weight excluding hydrogens is 435 g/mol. The van der Waals surface area contributed by atoms with E-state index >= 15 is 0 Å². The van der Waals surface area contributed by atoms with Gasteiger partial charge in [0.15, 0.2) is 0 Å². The van der Waals surface area contributed by atoms with E-state index in [4.69, 9.17) is 38.4 Å². The molecule has 7 nitrogen and oxygen atoms in total. The number of nitrogens with two attached hydrogens (primary N) is 1. The van der Waals surface area contributed by atoms with Gasteiger partial charge in [-0.2, -0.15) is 0 Å². The molecule has 2 aliphatic heterocycles. The molecule has 2 aliphatic rings. The second-order valence-corrected chi connectivity index (χ2v) is 8.99. The van der Waals surface area contributed by atoms with Crippen molar-refractivity contribution in [2.45, 2.75) is 19.3 Å². The van der Waals surface area contributed by atoms with E-state index in [1.165, 1.54) is 11.3 Å². The van der Waals surface area contributed by atoms with E-state index in [0.29, 0.717) is 59.4 Å². The quantitative estimate of drug-likeness (QED) is 0.637. The summed E-state index contributed by atoms with van der Waals surface area (Å²) >= 11 is 13.6. The molecule has 0 bridgehead atoms. The predicted octanol–water partition coefficient (Wildman–Crippen LogP) is 3.82. The van der Waals surface area contributed by atoms with Gasteiger partial charge in [-0.25, -0.2) is 9.97 Å². The van der Waals surface area contributed by atoms with Crippen LogP contribution >= 0.6 is 34.5 Å². The number of carbonyl (C=O) groups is 1. The topological polar surface area (TPSA) is 90.6 Å². The molecule has 29 heavy (non-hydrogen) atoms. The van der Waals surface area contributed by atoms with Crippen LogP contribution in [-0.2, 0) is 22.7 Å². The van der Waals surface area contributed by atoms with Crippen LogP contribution in [0.1, 0.15) is 32.5 Å². The minimum atomic E-state index is -0.262. The third-order valence-electron chi connectivity index (χ3n) is 5.22. The number of morpholine rings is 1. The van der Waals surface area contributed by atoms with Gasteiger partial charge in [0.25, 0.3) is 5.91 Å². The number of nitrogens with zero attached hydrogens (tertiary/aromatic N) is 3. The molecule has 0 radical (unpaired) electrons. The van der Waals surface area contributed by atoms with Gasteiger partial charge < -0.3 is 20.1 Å². The van der Waals surface area contributed by atoms with E-state index in [2.05, 4.69) is 9.97 Å². The van der Waals surface area contributed by atoms with E-state index in [-0.39, 0.29) is 11.9 Å². The Hall–Kier alpha value is -1.97. The molecular formula is C19H16Cl2N4O3S. The normalized spacial score (nSPS) is 19.0. The zero-order chi connectivity index (χ0) is 20.1. The molecule has 5 rings (SSSR count). The van der Waals surface area contributed by atoms with E-state index in [1.54, 1.807) is 23.2 Å². The molecule has 3 aromatic rings. The number of ether oxygens (including phenoxy) is 2. The molecule has 0 unspecified atom stereocenters. The molecule has 2 N–H and O–H groups in total. The Labute approximate surface area is 180 Å². The number of fused-ring (bicyclic) bond motifs is 3. The van der Waals surface area contributed by atoms with Crippen LogP contribution in [0.2, 0.25) is 9.36 Å². The van der Waals surface area contributed by atoms with Gasteiger partial charge in [0, 0.05) is 22.4 Å². The Kier molecular flexibility index (Phi) is 4.84. The summed E-state index contributed by atoms with van der Waals surface area (Å²) in [5.74, 6) is 0.274. The minimum absolute atomic E-state index is 0.176. The van der Waals surface area contributed by atoms with E-state index in [0.717, 1.165) is 21.4 Å². The molecule has 10 heteroatoms. The third kappa shape index (κ3) is 3.25. The van der Waals surface area contributed by atoms with Crippen molar-refractivity contribution >= 4 is 57.2 Å². The van der Waals surface area contributed by atoms with Crippen molar-refractivity contribution in [3.8, 4) is 0 Å². The zero-order valence-electron chi connectivity index (χ0n) is 15.2. The summed E-state index contributed by atoms with van der Waals surface area (Å²) in [5, 5.41) is 1.32. The Morgan fingerprint density at radius 3 is 2.86 bits per heavy atom. The highest BCUT2D eigenvalue weighted by Gasteiger charge is 2.32. The monoisotopic (exact) mass is 450 g/mol. The highest BCUT2D eigenvalue weighted by molar-refractivity contribution is 7.17. The maximum atomic E-state index is 13.4. The van der Waals surface area contributed by atoms with Gasteiger partial charge in [0.2, 0.25) is 0 Å². The molecule has 5 heterocycles. The highest BCUT2D eigenvalue weighted by Crippen LogP contribution is 2.38. The van der Waals surface area contributed by atoms with Gasteiger partial charge >= 0.3 is 0 Å². The van der Waals surface area contributed by atoms with Crippen LogP contribution in [0.5, 0.6) is 0 Å². The van der Waals surface area contributed by atoms with Crippen molar-refractivity contribution in [3.05, 3.63) is 49.4 Å². The highest BCUT2D eigenvalue weighted by atomic mass is 35.5. The minimum Gasteiger partial charge on any atom is -0.383 e. The van der Waals surface area contributed by atoms with Crippen molar-refractivity contribution in [2.24, 2.45) is 0 Å². The molecule has 150 valence electrons. The number of carbonyl (C=O) groups excluding carboxylic acids is 1. The predicted molar refractivity (Wildman–Crippen MR) is 111 cm³/mol. The fourth-order valence-corrected chi connectivity index (χ4v) is 5.24. The van der Waals surface area contributed by atoms with Gasteiger partial charge in [-0.15, -0.1) is 11.3 Å². The van der Waals surface area contributed by atoms with Crippen LogP contribution in [0.4, 0.5) is 5.82 Å². The van der Waals surface area contributed by atoms with Crippen molar-refractivity contribution in [1.29, 1.82) is 0 Å². The van der Waals surface area contributed by atoms with E-state index < -0.39 is 0 Å². The average Bonchev–Trinajstić information content (AvgIpc) is 3.35. The molecule has 1 amide bonds. The molecule has 3 aromatic heterocycles. The zero-order valence-corrected chi connectivity index (χ0v) is 17.5. The SMILES string of the molecule is Nc1nc2cnc(C(=O)N3CCOC[C@@H]3c3cc(Cl)c(Cl)s3)cc2c2c1COC2. The Morgan fingerprint density at radius 1 is 1.24 bits per heavy atom. The number of thiophene rings is 1. The summed E-state index contributed by atoms with van der Waals surface area (Å²) in [6.45, 7) is 2.18. The lowest BCUT2D eigenvalue weighted by Crippen LogP contribution is -2.43. The maximum absolute atomic E-state index is 13.4. The first-order valence-electron chi connectivity index (χ1n) is 9.01. The molecule has 1 saturated heterocycles. The molecule has 1 fully saturated rings. The number of amides is 1. The summed E-state index contributed by atoms with van der Waals surface area (Å²) in [6, 6.07) is 3.31. The molecule has 0 aliphatic carbocycles. The largest absolute Gasteiger partial charge is 0.383 e. The number of halogens is 2. The number of anilines is 1. The Balaban J connectivity index is 1.53. The first-order valence-corrected chi connectivity index (χ1v) is 10.6. The first-order chi connectivity index (χ1) is 14.0. The first kappa shape index (κ1) is 19.0. The lowest BCUT2D eigenvalue weighted by atomic mass is 10.0. The Morgan fingerprint density at radius 2 is 2.07 bits per heavy atom. The summed E-state index contributed by atoms with van der Waals surface area (Å²) in [6.07, 6.45) is 1.59. The summed E-state index contributed by atoms with van der Waals surface area (Å²) in [5.41, 5.74) is 8.87. The van der Waals surface area contributed by atoms with Crippen LogP contribution < -0.4 is 5.73 Å². The molecule has 0 saturated carbocycles. The van der Waals surface area contributed by atoms with Crippen LogP contribution in [0.25, 0.3) is 10.9 Å². The van der Waals surface area contributed by atoms with Gasteiger partial charge in [-0.3, -0.25) is 4.79 Å². The van der Waals surface area contributed by atoms with Crippen LogP contribution in [0, 0.1) is 0 Å². The van der Waals surface area contributed by atoms with E-state index in [9.17, 15) is 4.79 Å². The fraction of sp³-hybridized carbons (Fsp3) is 0.316. The summed E-state index contributed by atoms with van der Waals surface area (Å²) < 4.78 is 11.6. The van der Waals surface area contributed by atoms with Gasteiger partial charge in [0.05, 0.1) is 49.2 Å². The summed E-state index contributed by atoms with van der Waals surface area (Å²) in [4.78, 5) is 24.8. The number of hydrogen-bond donors (Lipinski definition) is 1. The lowest BCUT2D eigenvalue weighted by Gasteiger charge is -2.34.